The largest absolute Gasteiger partial charge is 0.258 e. The number of likely N-dealkylation sites (N-methyl/N-ethyl adjacent to an activating group) is 2. The first-order valence-corrected chi connectivity index (χ1v) is 6.43. The lowest BCUT2D eigenvalue weighted by Crippen LogP contribution is -2.52. The summed E-state index contributed by atoms with van der Waals surface area (Å²) in [5.41, 5.74) is 0.0736. The number of rotatable bonds is 4. The Hall–Kier alpha value is -1.20. The molecule has 2 bridgehead atoms. The molecule has 102 valence electrons. The van der Waals surface area contributed by atoms with Crippen LogP contribution in [0.3, 0.4) is 0 Å². The summed E-state index contributed by atoms with van der Waals surface area (Å²) >= 11 is 0. The molecule has 0 aromatic carbocycles. The fraction of sp³-hybridized carbons (Fsp3) is 1.00. The summed E-state index contributed by atoms with van der Waals surface area (Å²) in [4.78, 5) is 21.8. The molecule has 0 aromatic rings. The fourth-order valence-corrected chi connectivity index (χ4v) is 4.49. The van der Waals surface area contributed by atoms with Crippen LogP contribution in [0.15, 0.2) is 10.6 Å². The second-order valence-corrected chi connectivity index (χ2v) is 6.53. The first-order chi connectivity index (χ1) is 8.31. The van der Waals surface area contributed by atoms with Gasteiger partial charge in [-0.3, -0.25) is 10.0 Å². The van der Waals surface area contributed by atoms with Crippen LogP contribution < -0.4 is 0 Å². The van der Waals surface area contributed by atoms with Crippen molar-refractivity contribution in [3.8, 4) is 0 Å². The van der Waals surface area contributed by atoms with E-state index < -0.39 is 0 Å². The molecule has 0 saturated heterocycles. The van der Waals surface area contributed by atoms with Gasteiger partial charge in [0.2, 0.25) is 0 Å². The lowest BCUT2D eigenvalue weighted by molar-refractivity contribution is 0.0243. The van der Waals surface area contributed by atoms with Gasteiger partial charge in [0.15, 0.2) is 0 Å². The monoisotopic (exact) mass is 254 g/mol. The number of nitroso groups, excluding NO2 is 2. The molecule has 0 aromatic heterocycles. The van der Waals surface area contributed by atoms with E-state index in [1.807, 2.05) is 0 Å². The van der Waals surface area contributed by atoms with Crippen LogP contribution in [0.1, 0.15) is 33.6 Å². The van der Waals surface area contributed by atoms with Crippen molar-refractivity contribution in [1.29, 1.82) is 0 Å². The summed E-state index contributed by atoms with van der Waals surface area (Å²) in [6.07, 6.45) is 2.15. The van der Waals surface area contributed by atoms with Crippen LogP contribution >= 0.6 is 0 Å². The Balaban J connectivity index is 2.47. The zero-order chi connectivity index (χ0) is 13.7. The Morgan fingerprint density at radius 3 is 2.11 bits per heavy atom. The Kier molecular flexibility index (Phi) is 2.87. The molecule has 18 heavy (non-hydrogen) atoms. The third kappa shape index (κ3) is 1.34. The topological polar surface area (TPSA) is 65.3 Å². The third-order valence-corrected chi connectivity index (χ3v) is 5.85. The molecule has 0 N–H and O–H groups in total. The predicted molar refractivity (Wildman–Crippen MR) is 69.3 cm³/mol. The SMILES string of the molecule is CN(N=O)[C@H]1[C@H]2CC[C@@](C)([C@H]1N(C)N=O)C2(C)C. The van der Waals surface area contributed by atoms with Crippen LogP contribution in [-0.4, -0.2) is 36.2 Å². The summed E-state index contributed by atoms with van der Waals surface area (Å²) in [7, 11) is 3.40. The van der Waals surface area contributed by atoms with Gasteiger partial charge in [0.05, 0.1) is 22.7 Å². The van der Waals surface area contributed by atoms with E-state index in [-0.39, 0.29) is 22.9 Å². The maximum Gasteiger partial charge on any atom is 0.0781 e. The van der Waals surface area contributed by atoms with Gasteiger partial charge in [-0.25, -0.2) is 0 Å². The highest BCUT2D eigenvalue weighted by molar-refractivity contribution is 5.19. The summed E-state index contributed by atoms with van der Waals surface area (Å²) in [6, 6.07) is -0.0783. The molecule has 0 aliphatic heterocycles. The standard InChI is InChI=1S/C12H22N4O2/c1-11(2)8-6-7-12(11,3)10(16(5)14-18)9(8)15(4)13-17/h8-10H,6-7H2,1-5H3/t8-,9+,10+,12+/m1/s1. The minimum atomic E-state index is -0.0496. The highest BCUT2D eigenvalue weighted by Crippen LogP contribution is 2.67. The van der Waals surface area contributed by atoms with Crippen LogP contribution in [0.4, 0.5) is 0 Å². The van der Waals surface area contributed by atoms with Gasteiger partial charge in [-0.15, -0.1) is 9.81 Å². The average molecular weight is 254 g/mol. The molecule has 0 unspecified atom stereocenters. The van der Waals surface area contributed by atoms with Crippen LogP contribution in [0.2, 0.25) is 0 Å². The van der Waals surface area contributed by atoms with Crippen molar-refractivity contribution in [3.63, 3.8) is 0 Å². The van der Waals surface area contributed by atoms with Crippen molar-refractivity contribution in [2.75, 3.05) is 14.1 Å². The van der Waals surface area contributed by atoms with E-state index in [1.165, 1.54) is 10.0 Å². The second kappa shape index (κ2) is 3.90. The second-order valence-electron chi connectivity index (χ2n) is 6.53. The molecule has 6 nitrogen and oxygen atoms in total. The van der Waals surface area contributed by atoms with Crippen molar-refractivity contribution >= 4 is 0 Å². The zero-order valence-corrected chi connectivity index (χ0v) is 11.8. The third-order valence-electron chi connectivity index (χ3n) is 5.85. The zero-order valence-electron chi connectivity index (χ0n) is 11.8. The average Bonchev–Trinajstić information content (AvgIpc) is 2.67. The fourth-order valence-electron chi connectivity index (χ4n) is 4.49. The number of fused-ring (bicyclic) bond motifs is 2. The van der Waals surface area contributed by atoms with E-state index in [2.05, 4.69) is 31.3 Å². The van der Waals surface area contributed by atoms with E-state index in [9.17, 15) is 9.81 Å². The van der Waals surface area contributed by atoms with Gasteiger partial charge in [-0.2, -0.15) is 0 Å². The number of nitrogens with zero attached hydrogens (tertiary/aromatic N) is 4. The summed E-state index contributed by atoms with van der Waals surface area (Å²) in [5.74, 6) is 0.374. The highest BCUT2D eigenvalue weighted by atomic mass is 16.3. The molecule has 2 aliphatic rings. The summed E-state index contributed by atoms with van der Waals surface area (Å²) in [6.45, 7) is 6.67. The van der Waals surface area contributed by atoms with Crippen LogP contribution in [-0.2, 0) is 0 Å². The molecule has 2 rings (SSSR count). The van der Waals surface area contributed by atoms with Gasteiger partial charge in [0.1, 0.15) is 0 Å². The molecule has 0 amide bonds. The molecule has 0 spiro atoms. The Morgan fingerprint density at radius 1 is 1.06 bits per heavy atom. The van der Waals surface area contributed by atoms with Gasteiger partial charge >= 0.3 is 0 Å². The van der Waals surface area contributed by atoms with Crippen LogP contribution in [0.5, 0.6) is 0 Å². The molecule has 2 saturated carbocycles. The Morgan fingerprint density at radius 2 is 1.61 bits per heavy atom. The first-order valence-electron chi connectivity index (χ1n) is 6.43. The van der Waals surface area contributed by atoms with Gasteiger partial charge in [0.25, 0.3) is 0 Å². The maximum absolute atomic E-state index is 10.9. The van der Waals surface area contributed by atoms with E-state index in [0.29, 0.717) is 5.92 Å². The lowest BCUT2D eigenvalue weighted by atomic mass is 9.69. The van der Waals surface area contributed by atoms with Gasteiger partial charge < -0.3 is 0 Å². The maximum atomic E-state index is 10.9. The first kappa shape index (κ1) is 13.2. The Bertz CT molecular complexity index is 373. The van der Waals surface area contributed by atoms with Gasteiger partial charge in [-0.05, 0) is 29.6 Å². The number of hydrogen-bond donors (Lipinski definition) is 0. The minimum Gasteiger partial charge on any atom is -0.258 e. The summed E-state index contributed by atoms with van der Waals surface area (Å²) in [5, 5.41) is 9.10. The van der Waals surface area contributed by atoms with Crippen molar-refractivity contribution in [2.45, 2.75) is 45.7 Å². The molecule has 4 atom stereocenters. The van der Waals surface area contributed by atoms with Crippen molar-refractivity contribution in [3.05, 3.63) is 9.81 Å². The molecule has 2 aliphatic carbocycles. The predicted octanol–water partition coefficient (Wildman–Crippen LogP) is 2.41. The van der Waals surface area contributed by atoms with E-state index in [1.54, 1.807) is 14.1 Å². The highest BCUT2D eigenvalue weighted by Gasteiger charge is 2.68. The molecule has 0 heterocycles. The van der Waals surface area contributed by atoms with E-state index in [0.717, 1.165) is 12.8 Å². The van der Waals surface area contributed by atoms with Crippen LogP contribution in [0, 0.1) is 26.6 Å². The molecule has 2 fully saturated rings. The van der Waals surface area contributed by atoms with Gasteiger partial charge in [-0.1, -0.05) is 20.8 Å². The molecular formula is C12H22N4O2. The molecule has 0 radical (unpaired) electrons. The van der Waals surface area contributed by atoms with Crippen molar-refractivity contribution in [1.82, 2.24) is 10.0 Å². The molecule has 6 heteroatoms. The quantitative estimate of drug-likeness (QED) is 0.571. The normalized spacial score (nSPS) is 40.6. The lowest BCUT2D eigenvalue weighted by Gasteiger charge is -2.43. The number of hydrogen-bond acceptors (Lipinski definition) is 4. The van der Waals surface area contributed by atoms with Crippen molar-refractivity contribution in [2.24, 2.45) is 27.3 Å². The van der Waals surface area contributed by atoms with E-state index in [4.69, 9.17) is 0 Å². The smallest absolute Gasteiger partial charge is 0.0781 e. The molecular weight excluding hydrogens is 232 g/mol. The van der Waals surface area contributed by atoms with Crippen LogP contribution in [0.25, 0.3) is 0 Å². The van der Waals surface area contributed by atoms with Crippen molar-refractivity contribution < 1.29 is 0 Å². The van der Waals surface area contributed by atoms with Gasteiger partial charge in [0, 0.05) is 14.1 Å². The summed E-state index contributed by atoms with van der Waals surface area (Å²) < 4.78 is 0. The minimum absolute atomic E-state index is 0.00998. The Labute approximate surface area is 108 Å². The van der Waals surface area contributed by atoms with E-state index >= 15 is 0 Å².